The summed E-state index contributed by atoms with van der Waals surface area (Å²) in [6.45, 7) is 6.28. The van der Waals surface area contributed by atoms with Crippen molar-refractivity contribution in [3.8, 4) is 5.75 Å². The molecule has 1 fully saturated rings. The molecule has 1 unspecified atom stereocenters. The summed E-state index contributed by atoms with van der Waals surface area (Å²) in [7, 11) is 1.68. The smallest absolute Gasteiger partial charge is 0.119 e. The molecular weight excluding hydrogens is 271 g/mol. The molecule has 0 aromatic heterocycles. The highest BCUT2D eigenvalue weighted by molar-refractivity contribution is 6.31. The molecule has 0 amide bonds. The Bertz CT molecular complexity index is 387. The van der Waals surface area contributed by atoms with Crippen LogP contribution in [0.2, 0.25) is 5.02 Å². The molecule has 1 aromatic carbocycles. The number of hydrogen-bond donors (Lipinski definition) is 1. The van der Waals surface area contributed by atoms with Crippen LogP contribution in [0.3, 0.4) is 0 Å². The van der Waals surface area contributed by atoms with E-state index in [1.165, 1.54) is 0 Å². The van der Waals surface area contributed by atoms with Crippen LogP contribution in [0, 0.1) is 0 Å². The van der Waals surface area contributed by atoms with E-state index in [-0.39, 0.29) is 12.4 Å². The molecule has 1 atom stereocenters. The van der Waals surface area contributed by atoms with Crippen LogP contribution in [0.25, 0.3) is 0 Å². The van der Waals surface area contributed by atoms with Gasteiger partial charge in [-0.3, -0.25) is 4.90 Å². The van der Waals surface area contributed by atoms with E-state index >= 15 is 0 Å². The van der Waals surface area contributed by atoms with Crippen molar-refractivity contribution in [2.24, 2.45) is 0 Å². The Morgan fingerprint density at radius 3 is 2.94 bits per heavy atom. The van der Waals surface area contributed by atoms with Crippen LogP contribution in [0.1, 0.15) is 12.5 Å². The van der Waals surface area contributed by atoms with E-state index in [1.54, 1.807) is 7.11 Å². The van der Waals surface area contributed by atoms with Gasteiger partial charge in [0.1, 0.15) is 5.75 Å². The van der Waals surface area contributed by atoms with Gasteiger partial charge in [-0.15, -0.1) is 12.4 Å². The van der Waals surface area contributed by atoms with Crippen molar-refractivity contribution in [1.82, 2.24) is 10.2 Å². The highest BCUT2D eigenvalue weighted by Gasteiger charge is 2.18. The Labute approximate surface area is 120 Å². The Hall–Kier alpha value is -0.480. The molecule has 1 N–H and O–H groups in total. The molecule has 0 radical (unpaired) electrons. The van der Waals surface area contributed by atoms with Crippen LogP contribution in [0.5, 0.6) is 5.75 Å². The molecule has 0 bridgehead atoms. The molecule has 1 heterocycles. The van der Waals surface area contributed by atoms with Gasteiger partial charge < -0.3 is 10.1 Å². The lowest BCUT2D eigenvalue weighted by molar-refractivity contribution is 0.165. The Balaban J connectivity index is 0.00000162. The number of nitrogens with zero attached hydrogens (tertiary/aromatic N) is 1. The van der Waals surface area contributed by atoms with Crippen molar-refractivity contribution in [3.63, 3.8) is 0 Å². The topological polar surface area (TPSA) is 24.5 Å². The fourth-order valence-corrected chi connectivity index (χ4v) is 2.31. The van der Waals surface area contributed by atoms with Crippen LogP contribution < -0.4 is 10.1 Å². The standard InChI is InChI=1S/C13H19ClN2O.ClH/c1-10-8-15-5-6-16(10)9-11-7-12(17-2)3-4-13(11)14;/h3-4,7,10,15H,5-6,8-9H2,1-2H3;1H. The molecule has 2 rings (SSSR count). The van der Waals surface area contributed by atoms with E-state index in [0.29, 0.717) is 6.04 Å². The minimum atomic E-state index is 0. The highest BCUT2D eigenvalue weighted by Crippen LogP contribution is 2.24. The first-order chi connectivity index (χ1) is 8.20. The lowest BCUT2D eigenvalue weighted by Crippen LogP contribution is -2.49. The molecule has 0 saturated carbocycles. The first-order valence-electron chi connectivity index (χ1n) is 5.98. The molecule has 0 aliphatic carbocycles. The molecule has 18 heavy (non-hydrogen) atoms. The van der Waals surface area contributed by atoms with Crippen LogP contribution in [0.15, 0.2) is 18.2 Å². The van der Waals surface area contributed by atoms with E-state index in [0.717, 1.165) is 42.5 Å². The maximum absolute atomic E-state index is 6.22. The van der Waals surface area contributed by atoms with E-state index in [1.807, 2.05) is 18.2 Å². The summed E-state index contributed by atoms with van der Waals surface area (Å²) in [5.74, 6) is 0.868. The molecule has 1 aliphatic heterocycles. The normalized spacial score (nSPS) is 20.3. The molecule has 1 saturated heterocycles. The predicted molar refractivity (Wildman–Crippen MR) is 78.0 cm³/mol. The summed E-state index contributed by atoms with van der Waals surface area (Å²) < 4.78 is 5.24. The van der Waals surface area contributed by atoms with Gasteiger partial charge in [0.15, 0.2) is 0 Å². The number of halogens is 2. The third-order valence-electron chi connectivity index (χ3n) is 3.27. The third-order valence-corrected chi connectivity index (χ3v) is 3.63. The summed E-state index contributed by atoms with van der Waals surface area (Å²) in [6.07, 6.45) is 0. The fourth-order valence-electron chi connectivity index (χ4n) is 2.14. The Morgan fingerprint density at radius 1 is 1.50 bits per heavy atom. The van der Waals surface area contributed by atoms with Gasteiger partial charge in [-0.2, -0.15) is 0 Å². The number of hydrogen-bond acceptors (Lipinski definition) is 3. The van der Waals surface area contributed by atoms with Gasteiger partial charge >= 0.3 is 0 Å². The molecule has 0 spiro atoms. The summed E-state index contributed by atoms with van der Waals surface area (Å²) >= 11 is 6.22. The summed E-state index contributed by atoms with van der Waals surface area (Å²) in [6, 6.07) is 6.37. The van der Waals surface area contributed by atoms with Gasteiger partial charge in [0, 0.05) is 37.2 Å². The molecule has 1 aromatic rings. The van der Waals surface area contributed by atoms with Gasteiger partial charge in [0.2, 0.25) is 0 Å². The SMILES string of the molecule is COc1ccc(Cl)c(CN2CCNCC2C)c1.Cl. The molecule has 5 heteroatoms. The minimum Gasteiger partial charge on any atom is -0.497 e. The predicted octanol–water partition coefficient (Wildman–Crippen LogP) is 2.56. The molecular formula is C13H20Cl2N2O. The van der Waals surface area contributed by atoms with Crippen molar-refractivity contribution < 1.29 is 4.74 Å². The second-order valence-electron chi connectivity index (χ2n) is 4.48. The lowest BCUT2D eigenvalue weighted by Gasteiger charge is -2.34. The number of piperazine rings is 1. The van der Waals surface area contributed by atoms with Gasteiger partial charge in [0.05, 0.1) is 7.11 Å². The van der Waals surface area contributed by atoms with Crippen molar-refractivity contribution in [2.75, 3.05) is 26.7 Å². The average Bonchev–Trinajstić information content (AvgIpc) is 2.35. The summed E-state index contributed by atoms with van der Waals surface area (Å²) in [5.41, 5.74) is 1.14. The summed E-state index contributed by atoms with van der Waals surface area (Å²) in [5, 5.41) is 4.20. The largest absolute Gasteiger partial charge is 0.497 e. The Kier molecular flexibility index (Phi) is 6.22. The first-order valence-corrected chi connectivity index (χ1v) is 6.35. The van der Waals surface area contributed by atoms with Gasteiger partial charge in [-0.05, 0) is 30.7 Å². The van der Waals surface area contributed by atoms with E-state index in [9.17, 15) is 0 Å². The maximum atomic E-state index is 6.22. The highest BCUT2D eigenvalue weighted by atomic mass is 35.5. The monoisotopic (exact) mass is 290 g/mol. The zero-order chi connectivity index (χ0) is 12.3. The molecule has 102 valence electrons. The zero-order valence-electron chi connectivity index (χ0n) is 10.8. The summed E-state index contributed by atoms with van der Waals surface area (Å²) in [4.78, 5) is 2.44. The van der Waals surface area contributed by atoms with Gasteiger partial charge in [-0.1, -0.05) is 11.6 Å². The van der Waals surface area contributed by atoms with Crippen LogP contribution in [-0.4, -0.2) is 37.7 Å². The maximum Gasteiger partial charge on any atom is 0.119 e. The number of benzene rings is 1. The number of ether oxygens (including phenoxy) is 1. The first kappa shape index (κ1) is 15.6. The number of methoxy groups -OCH3 is 1. The third kappa shape index (κ3) is 3.75. The van der Waals surface area contributed by atoms with E-state index < -0.39 is 0 Å². The van der Waals surface area contributed by atoms with Crippen LogP contribution in [0.4, 0.5) is 0 Å². The molecule has 3 nitrogen and oxygen atoms in total. The lowest BCUT2D eigenvalue weighted by atomic mass is 10.1. The average molecular weight is 291 g/mol. The van der Waals surface area contributed by atoms with Gasteiger partial charge in [0.25, 0.3) is 0 Å². The second kappa shape index (κ2) is 7.19. The quantitative estimate of drug-likeness (QED) is 0.926. The minimum absolute atomic E-state index is 0. The number of rotatable bonds is 3. The molecule has 1 aliphatic rings. The van der Waals surface area contributed by atoms with Crippen molar-refractivity contribution in [3.05, 3.63) is 28.8 Å². The van der Waals surface area contributed by atoms with Crippen molar-refractivity contribution in [2.45, 2.75) is 19.5 Å². The zero-order valence-corrected chi connectivity index (χ0v) is 12.4. The Morgan fingerprint density at radius 2 is 2.28 bits per heavy atom. The van der Waals surface area contributed by atoms with Crippen LogP contribution >= 0.6 is 24.0 Å². The van der Waals surface area contributed by atoms with Crippen molar-refractivity contribution >= 4 is 24.0 Å². The number of nitrogens with one attached hydrogen (secondary N) is 1. The fraction of sp³-hybridized carbons (Fsp3) is 0.538. The second-order valence-corrected chi connectivity index (χ2v) is 4.89. The van der Waals surface area contributed by atoms with Crippen molar-refractivity contribution in [1.29, 1.82) is 0 Å². The van der Waals surface area contributed by atoms with E-state index in [4.69, 9.17) is 16.3 Å². The van der Waals surface area contributed by atoms with Gasteiger partial charge in [-0.25, -0.2) is 0 Å². The van der Waals surface area contributed by atoms with E-state index in [2.05, 4.69) is 17.1 Å². The van der Waals surface area contributed by atoms with Crippen LogP contribution in [-0.2, 0) is 6.54 Å².